The van der Waals surface area contributed by atoms with Crippen LogP contribution in [0.25, 0.3) is 0 Å². The second kappa shape index (κ2) is 8.98. The quantitative estimate of drug-likeness (QED) is 0.482. The Balaban J connectivity index is 1.93. The molecule has 0 aliphatic heterocycles. The molecule has 2 N–H and O–H groups in total. The van der Waals surface area contributed by atoms with Crippen LogP contribution in [0.1, 0.15) is 16.7 Å². The Morgan fingerprint density at radius 1 is 0.774 bits per heavy atom. The fourth-order valence-corrected chi connectivity index (χ4v) is 4.86. The van der Waals surface area contributed by atoms with Gasteiger partial charge in [-0.1, -0.05) is 72.8 Å². The molecule has 0 unspecified atom stereocenters. The Bertz CT molecular complexity index is 1170. The maximum absolute atomic E-state index is 13.9. The summed E-state index contributed by atoms with van der Waals surface area (Å²) < 4.78 is 66.5. The zero-order valence-electron chi connectivity index (χ0n) is 16.2. The number of hydrogen-bond acceptors (Lipinski definition) is 3. The molecule has 0 heterocycles. The van der Waals surface area contributed by atoms with Gasteiger partial charge in [0, 0.05) is 18.7 Å². The van der Waals surface area contributed by atoms with Crippen LogP contribution in [0.3, 0.4) is 0 Å². The summed E-state index contributed by atoms with van der Waals surface area (Å²) in [7, 11) is -9.58. The van der Waals surface area contributed by atoms with Crippen molar-refractivity contribution >= 4 is 17.6 Å². The lowest BCUT2D eigenvalue weighted by Crippen LogP contribution is -2.30. The van der Waals surface area contributed by atoms with E-state index >= 15 is 0 Å². The van der Waals surface area contributed by atoms with Gasteiger partial charge >= 0.3 is 13.3 Å². The predicted octanol–water partition coefficient (Wildman–Crippen LogP) is 4.30. The molecule has 0 radical (unpaired) electrons. The minimum atomic E-state index is -5.69. The van der Waals surface area contributed by atoms with Crippen molar-refractivity contribution in [3.63, 3.8) is 0 Å². The monoisotopic (exact) mass is 467 g/mol. The molecule has 3 rings (SSSR count). The van der Waals surface area contributed by atoms with E-state index in [2.05, 4.69) is 0 Å². The van der Waals surface area contributed by atoms with Crippen molar-refractivity contribution < 1.29 is 31.6 Å². The van der Waals surface area contributed by atoms with E-state index in [1.165, 1.54) is 28.6 Å². The molecule has 3 aromatic carbocycles. The van der Waals surface area contributed by atoms with E-state index in [-0.39, 0.29) is 18.0 Å². The van der Waals surface area contributed by atoms with Crippen molar-refractivity contribution in [3.05, 3.63) is 102 Å². The van der Waals surface area contributed by atoms with E-state index in [1.54, 1.807) is 48.5 Å². The lowest BCUT2D eigenvalue weighted by Gasteiger charge is -2.23. The summed E-state index contributed by atoms with van der Waals surface area (Å²) >= 11 is 0. The van der Waals surface area contributed by atoms with Crippen molar-refractivity contribution in [2.45, 2.75) is 23.6 Å². The molecular formula is C21H20F2NO5PS. The summed E-state index contributed by atoms with van der Waals surface area (Å²) in [5.41, 5.74) is -4.04. The van der Waals surface area contributed by atoms with Crippen molar-refractivity contribution in [1.29, 1.82) is 0 Å². The van der Waals surface area contributed by atoms with E-state index in [0.29, 0.717) is 5.56 Å². The molecule has 3 aromatic rings. The lowest BCUT2D eigenvalue weighted by molar-refractivity contribution is 0.0564. The number of halogens is 2. The molecule has 0 saturated heterocycles. The highest BCUT2D eigenvalue weighted by atomic mass is 32.2. The van der Waals surface area contributed by atoms with Gasteiger partial charge < -0.3 is 9.79 Å². The van der Waals surface area contributed by atoms with E-state index < -0.39 is 28.8 Å². The van der Waals surface area contributed by atoms with Crippen LogP contribution in [0.5, 0.6) is 0 Å². The summed E-state index contributed by atoms with van der Waals surface area (Å²) in [4.78, 5) is 17.9. The Morgan fingerprint density at radius 3 is 1.71 bits per heavy atom. The highest BCUT2D eigenvalue weighted by Crippen LogP contribution is 2.59. The standard InChI is InChI=1S/C21H20F2NO5PS/c22-21(23,30(25,26)27)19-13-11-18(12-14-19)16-24(15-17-7-3-1-4-8-17)31(28,29)20-9-5-2-6-10-20/h1-14H,15-16H2,(H2,25,26,27). The van der Waals surface area contributed by atoms with Crippen LogP contribution in [0.15, 0.2) is 89.8 Å². The van der Waals surface area contributed by atoms with Gasteiger partial charge in [-0.15, -0.1) is 0 Å². The van der Waals surface area contributed by atoms with Gasteiger partial charge in [0.1, 0.15) is 0 Å². The lowest BCUT2D eigenvalue weighted by atomic mass is 10.1. The van der Waals surface area contributed by atoms with E-state index in [9.17, 15) is 21.8 Å². The van der Waals surface area contributed by atoms with E-state index in [4.69, 9.17) is 9.79 Å². The third-order valence-corrected chi connectivity index (χ3v) is 7.40. The Labute approximate surface area is 179 Å². The summed E-state index contributed by atoms with van der Waals surface area (Å²) in [5, 5.41) is 0. The summed E-state index contributed by atoms with van der Waals surface area (Å²) in [5.74, 6) is 0. The summed E-state index contributed by atoms with van der Waals surface area (Å²) in [6.07, 6.45) is 0. The van der Waals surface area contributed by atoms with Gasteiger partial charge in [0.25, 0.3) is 0 Å². The number of sulfonamides is 1. The largest absolute Gasteiger partial charge is 0.399 e. The highest BCUT2D eigenvalue weighted by Gasteiger charge is 2.50. The molecule has 0 aromatic heterocycles. The molecule has 10 heteroatoms. The molecule has 164 valence electrons. The first-order valence-corrected chi connectivity index (χ1v) is 12.2. The van der Waals surface area contributed by atoms with Crippen molar-refractivity contribution in [3.8, 4) is 0 Å². The van der Waals surface area contributed by atoms with E-state index in [0.717, 1.165) is 17.7 Å². The first kappa shape index (κ1) is 23.2. The first-order chi connectivity index (χ1) is 14.5. The van der Waals surface area contributed by atoms with Crippen LogP contribution >= 0.6 is 7.60 Å². The van der Waals surface area contributed by atoms with Crippen LogP contribution in [0.4, 0.5) is 8.78 Å². The number of rotatable bonds is 8. The van der Waals surface area contributed by atoms with E-state index in [1.807, 2.05) is 0 Å². The fraction of sp³-hybridized carbons (Fsp3) is 0.143. The number of hydrogen-bond donors (Lipinski definition) is 2. The molecule has 6 nitrogen and oxygen atoms in total. The first-order valence-electron chi connectivity index (χ1n) is 9.14. The van der Waals surface area contributed by atoms with Crippen molar-refractivity contribution in [2.75, 3.05) is 0 Å². The maximum Gasteiger partial charge on any atom is 0.399 e. The summed E-state index contributed by atoms with van der Waals surface area (Å²) in [6, 6.07) is 21.0. The van der Waals surface area contributed by atoms with Gasteiger partial charge in [-0.3, -0.25) is 4.57 Å². The number of nitrogens with zero attached hydrogens (tertiary/aromatic N) is 1. The molecule has 0 bridgehead atoms. The Kier molecular flexibility index (Phi) is 6.73. The van der Waals surface area contributed by atoms with Gasteiger partial charge in [0.2, 0.25) is 10.0 Å². The van der Waals surface area contributed by atoms with Crippen LogP contribution in [0, 0.1) is 0 Å². The third-order valence-electron chi connectivity index (χ3n) is 4.61. The molecule has 0 atom stereocenters. The maximum atomic E-state index is 13.9. The SMILES string of the molecule is O=P(O)(O)C(F)(F)c1ccc(CN(Cc2ccccc2)S(=O)(=O)c2ccccc2)cc1. The molecule has 0 amide bonds. The van der Waals surface area contributed by atoms with Crippen molar-refractivity contribution in [1.82, 2.24) is 4.31 Å². The normalized spacial score (nSPS) is 12.8. The topological polar surface area (TPSA) is 94.9 Å². The Morgan fingerprint density at radius 2 is 1.23 bits per heavy atom. The average Bonchev–Trinajstić information content (AvgIpc) is 2.74. The van der Waals surface area contributed by atoms with Gasteiger partial charge in [-0.05, 0) is 23.3 Å². The number of alkyl halides is 2. The summed E-state index contributed by atoms with van der Waals surface area (Å²) in [6.45, 7) is -0.0632. The van der Waals surface area contributed by atoms with Gasteiger partial charge in [-0.2, -0.15) is 13.1 Å². The minimum Gasteiger partial charge on any atom is -0.320 e. The minimum absolute atomic E-state index is 0.0540. The molecule has 0 spiro atoms. The predicted molar refractivity (Wildman–Crippen MR) is 112 cm³/mol. The average molecular weight is 467 g/mol. The molecule has 0 saturated carbocycles. The molecule has 31 heavy (non-hydrogen) atoms. The van der Waals surface area contributed by atoms with Gasteiger partial charge in [0.15, 0.2) is 0 Å². The van der Waals surface area contributed by atoms with Crippen molar-refractivity contribution in [2.24, 2.45) is 0 Å². The zero-order valence-corrected chi connectivity index (χ0v) is 17.9. The smallest absolute Gasteiger partial charge is 0.320 e. The van der Waals surface area contributed by atoms with Crippen LogP contribution < -0.4 is 0 Å². The van der Waals surface area contributed by atoms with Gasteiger partial charge in [-0.25, -0.2) is 8.42 Å². The Hall–Kier alpha value is -2.42. The second-order valence-electron chi connectivity index (χ2n) is 6.85. The zero-order chi connectivity index (χ0) is 22.7. The second-order valence-corrected chi connectivity index (χ2v) is 10.4. The molecule has 0 aliphatic carbocycles. The molecule has 0 aliphatic rings. The van der Waals surface area contributed by atoms with Crippen LogP contribution in [-0.4, -0.2) is 22.5 Å². The number of benzene rings is 3. The van der Waals surface area contributed by atoms with Gasteiger partial charge in [0.05, 0.1) is 4.90 Å². The molecule has 0 fully saturated rings. The third kappa shape index (κ3) is 5.26. The highest BCUT2D eigenvalue weighted by molar-refractivity contribution is 7.89. The molecular weight excluding hydrogens is 447 g/mol. The fourth-order valence-electron chi connectivity index (χ4n) is 2.94. The van der Waals surface area contributed by atoms with Crippen LogP contribution in [-0.2, 0) is 33.3 Å². The van der Waals surface area contributed by atoms with Crippen LogP contribution in [0.2, 0.25) is 0 Å².